The molecule has 21 heavy (non-hydrogen) atoms. The third-order valence-electron chi connectivity index (χ3n) is 3.72. The van der Waals surface area contributed by atoms with Crippen molar-refractivity contribution in [2.24, 2.45) is 16.6 Å². The fourth-order valence-electron chi connectivity index (χ4n) is 2.81. The van der Waals surface area contributed by atoms with E-state index in [1.54, 1.807) is 19.5 Å². The molecule has 1 aromatic rings. The standard InChI is InChI=1S/C17H23N3O/c1-12(2)11-20-16(14(9-18)10-19-3)8-13-6-4-5-7-15(13)17(20)21/h4-7,9-10,12,16H,8,11,18H2,1-3H3. The summed E-state index contributed by atoms with van der Waals surface area (Å²) in [6, 6.07) is 7.77. The Labute approximate surface area is 126 Å². The number of benzene rings is 1. The molecule has 1 aliphatic rings. The zero-order valence-corrected chi connectivity index (χ0v) is 12.9. The van der Waals surface area contributed by atoms with E-state index >= 15 is 0 Å². The van der Waals surface area contributed by atoms with Gasteiger partial charge in [-0.15, -0.1) is 0 Å². The first-order valence-corrected chi connectivity index (χ1v) is 7.31. The molecular formula is C17H23N3O. The van der Waals surface area contributed by atoms with Gasteiger partial charge in [-0.05, 0) is 24.0 Å². The first-order valence-electron chi connectivity index (χ1n) is 7.31. The van der Waals surface area contributed by atoms with Crippen molar-refractivity contribution in [2.75, 3.05) is 13.6 Å². The summed E-state index contributed by atoms with van der Waals surface area (Å²) in [6.07, 6.45) is 4.09. The van der Waals surface area contributed by atoms with E-state index in [-0.39, 0.29) is 11.9 Å². The van der Waals surface area contributed by atoms with Gasteiger partial charge in [0.25, 0.3) is 5.91 Å². The van der Waals surface area contributed by atoms with Crippen molar-refractivity contribution in [3.8, 4) is 0 Å². The number of amides is 1. The lowest BCUT2D eigenvalue weighted by Gasteiger charge is -2.38. The van der Waals surface area contributed by atoms with Gasteiger partial charge < -0.3 is 10.6 Å². The Balaban J connectivity index is 2.44. The van der Waals surface area contributed by atoms with Crippen molar-refractivity contribution in [2.45, 2.75) is 26.3 Å². The molecule has 4 heteroatoms. The summed E-state index contributed by atoms with van der Waals surface area (Å²) < 4.78 is 0. The smallest absolute Gasteiger partial charge is 0.254 e. The van der Waals surface area contributed by atoms with E-state index in [0.29, 0.717) is 12.5 Å². The fraction of sp³-hybridized carbons (Fsp3) is 0.412. The third-order valence-corrected chi connectivity index (χ3v) is 3.72. The number of nitrogens with zero attached hydrogens (tertiary/aromatic N) is 2. The quantitative estimate of drug-likeness (QED) is 0.863. The molecule has 0 radical (unpaired) electrons. The maximum absolute atomic E-state index is 12.8. The monoisotopic (exact) mass is 285 g/mol. The second-order valence-corrected chi connectivity index (χ2v) is 5.78. The summed E-state index contributed by atoms with van der Waals surface area (Å²) in [6.45, 7) is 4.95. The molecule has 1 aromatic carbocycles. The highest BCUT2D eigenvalue weighted by molar-refractivity contribution is 5.98. The number of hydrogen-bond acceptors (Lipinski definition) is 3. The molecule has 1 unspecified atom stereocenters. The van der Waals surface area contributed by atoms with E-state index < -0.39 is 0 Å². The van der Waals surface area contributed by atoms with Crippen molar-refractivity contribution in [1.29, 1.82) is 0 Å². The van der Waals surface area contributed by atoms with Gasteiger partial charge in [-0.3, -0.25) is 9.79 Å². The summed E-state index contributed by atoms with van der Waals surface area (Å²) >= 11 is 0. The average molecular weight is 285 g/mol. The third kappa shape index (κ3) is 3.15. The number of carbonyl (C=O) groups excluding carboxylic acids is 1. The minimum Gasteiger partial charge on any atom is -0.404 e. The van der Waals surface area contributed by atoms with Crippen molar-refractivity contribution < 1.29 is 4.79 Å². The van der Waals surface area contributed by atoms with Gasteiger partial charge in [0, 0.05) is 37.1 Å². The molecule has 2 rings (SSSR count). The maximum atomic E-state index is 12.8. The van der Waals surface area contributed by atoms with Crippen LogP contribution in [0, 0.1) is 5.92 Å². The van der Waals surface area contributed by atoms with Crippen molar-refractivity contribution >= 4 is 12.1 Å². The number of carbonyl (C=O) groups is 1. The summed E-state index contributed by atoms with van der Waals surface area (Å²) in [5.74, 6) is 0.485. The van der Waals surface area contributed by atoms with E-state index in [4.69, 9.17) is 5.73 Å². The second kappa shape index (κ2) is 6.57. The summed E-state index contributed by atoms with van der Waals surface area (Å²) in [4.78, 5) is 18.8. The first-order chi connectivity index (χ1) is 10.1. The van der Waals surface area contributed by atoms with Crippen molar-refractivity contribution in [3.63, 3.8) is 0 Å². The van der Waals surface area contributed by atoms with Crippen LogP contribution in [0.15, 0.2) is 41.0 Å². The van der Waals surface area contributed by atoms with Gasteiger partial charge in [0.2, 0.25) is 0 Å². The predicted molar refractivity (Wildman–Crippen MR) is 86.5 cm³/mol. The van der Waals surface area contributed by atoms with Crippen LogP contribution < -0.4 is 5.73 Å². The van der Waals surface area contributed by atoms with Gasteiger partial charge in [-0.25, -0.2) is 0 Å². The van der Waals surface area contributed by atoms with Crippen LogP contribution in [0.2, 0.25) is 0 Å². The molecule has 1 atom stereocenters. The van der Waals surface area contributed by atoms with Gasteiger partial charge in [0.05, 0.1) is 6.04 Å². The van der Waals surface area contributed by atoms with Gasteiger partial charge in [-0.1, -0.05) is 32.0 Å². The van der Waals surface area contributed by atoms with Crippen LogP contribution in [0.5, 0.6) is 0 Å². The molecule has 1 heterocycles. The zero-order chi connectivity index (χ0) is 15.4. The van der Waals surface area contributed by atoms with Crippen LogP contribution in [0.1, 0.15) is 29.8 Å². The number of fused-ring (bicyclic) bond motifs is 1. The van der Waals surface area contributed by atoms with Gasteiger partial charge in [-0.2, -0.15) is 0 Å². The molecule has 2 N–H and O–H groups in total. The Morgan fingerprint density at radius 3 is 2.81 bits per heavy atom. The molecule has 0 aromatic heterocycles. The van der Waals surface area contributed by atoms with Gasteiger partial charge in [0.1, 0.15) is 0 Å². The van der Waals surface area contributed by atoms with E-state index in [9.17, 15) is 4.79 Å². The highest BCUT2D eigenvalue weighted by atomic mass is 16.2. The van der Waals surface area contributed by atoms with Crippen LogP contribution in [0.4, 0.5) is 0 Å². The highest BCUT2D eigenvalue weighted by Crippen LogP contribution is 2.27. The Hall–Kier alpha value is -2.10. The molecule has 0 spiro atoms. The Bertz CT molecular complexity index is 575. The number of nitrogens with two attached hydrogens (primary N) is 1. The van der Waals surface area contributed by atoms with Crippen LogP contribution in [-0.2, 0) is 6.42 Å². The lowest BCUT2D eigenvalue weighted by molar-refractivity contribution is 0.0660. The molecule has 0 aliphatic carbocycles. The summed E-state index contributed by atoms with van der Waals surface area (Å²) in [7, 11) is 1.72. The van der Waals surface area contributed by atoms with E-state index in [1.807, 2.05) is 29.2 Å². The SMILES string of the molecule is CN=CC(=CN)C1Cc2ccccc2C(=O)N1CC(C)C. The Kier molecular flexibility index (Phi) is 4.78. The lowest BCUT2D eigenvalue weighted by Crippen LogP contribution is -2.48. The van der Waals surface area contributed by atoms with E-state index in [1.165, 1.54) is 0 Å². The molecule has 0 fully saturated rings. The minimum atomic E-state index is -0.0384. The van der Waals surface area contributed by atoms with Crippen molar-refractivity contribution in [1.82, 2.24) is 4.90 Å². The maximum Gasteiger partial charge on any atom is 0.254 e. The largest absolute Gasteiger partial charge is 0.404 e. The normalized spacial score (nSPS) is 19.4. The van der Waals surface area contributed by atoms with Crippen LogP contribution in [0.25, 0.3) is 0 Å². The highest BCUT2D eigenvalue weighted by Gasteiger charge is 2.33. The fourth-order valence-corrected chi connectivity index (χ4v) is 2.81. The average Bonchev–Trinajstić information content (AvgIpc) is 2.47. The van der Waals surface area contributed by atoms with E-state index in [0.717, 1.165) is 23.1 Å². The minimum absolute atomic E-state index is 0.0384. The molecular weight excluding hydrogens is 262 g/mol. The number of hydrogen-bond donors (Lipinski definition) is 1. The first kappa shape index (κ1) is 15.3. The summed E-state index contributed by atoms with van der Waals surface area (Å²) in [5, 5.41) is 0. The number of rotatable bonds is 4. The van der Waals surface area contributed by atoms with Gasteiger partial charge >= 0.3 is 0 Å². The van der Waals surface area contributed by atoms with Gasteiger partial charge in [0.15, 0.2) is 0 Å². The van der Waals surface area contributed by atoms with Crippen LogP contribution >= 0.6 is 0 Å². The number of aliphatic imine (C=N–C) groups is 1. The molecule has 1 aliphatic heterocycles. The second-order valence-electron chi connectivity index (χ2n) is 5.78. The summed E-state index contributed by atoms with van der Waals surface area (Å²) in [5.41, 5.74) is 8.53. The zero-order valence-electron chi connectivity index (χ0n) is 12.9. The van der Waals surface area contributed by atoms with Crippen LogP contribution in [0.3, 0.4) is 0 Å². The molecule has 0 saturated carbocycles. The molecule has 112 valence electrons. The Morgan fingerprint density at radius 1 is 1.48 bits per heavy atom. The topological polar surface area (TPSA) is 58.7 Å². The molecule has 0 bridgehead atoms. The van der Waals surface area contributed by atoms with Crippen molar-refractivity contribution in [3.05, 3.63) is 47.2 Å². The molecule has 4 nitrogen and oxygen atoms in total. The lowest BCUT2D eigenvalue weighted by atomic mass is 9.89. The predicted octanol–water partition coefficient (Wildman–Crippen LogP) is 2.25. The van der Waals surface area contributed by atoms with Crippen LogP contribution in [-0.4, -0.2) is 36.7 Å². The molecule has 0 saturated heterocycles. The molecule has 1 amide bonds. The Morgan fingerprint density at radius 2 is 2.19 bits per heavy atom. The van der Waals surface area contributed by atoms with E-state index in [2.05, 4.69) is 18.8 Å².